The highest BCUT2D eigenvalue weighted by Gasteiger charge is 2.20. The van der Waals surface area contributed by atoms with Gasteiger partial charge in [-0.2, -0.15) is 0 Å². The third-order valence-electron chi connectivity index (χ3n) is 3.30. The van der Waals surface area contributed by atoms with Gasteiger partial charge in [-0.15, -0.1) is 11.3 Å². The zero-order chi connectivity index (χ0) is 14.2. The van der Waals surface area contributed by atoms with Crippen LogP contribution in [0.25, 0.3) is 0 Å². The molecule has 1 aliphatic rings. The Balaban J connectivity index is 1.84. The van der Waals surface area contributed by atoms with E-state index in [0.29, 0.717) is 0 Å². The van der Waals surface area contributed by atoms with E-state index >= 15 is 0 Å². The van der Waals surface area contributed by atoms with Crippen LogP contribution in [0.1, 0.15) is 25.0 Å². The first kappa shape index (κ1) is 15.7. The highest BCUT2D eigenvalue weighted by atomic mass is 32.1. The molecule has 1 saturated carbocycles. The Bertz CT molecular complexity index is 382. The molecule has 1 fully saturated rings. The van der Waals surface area contributed by atoms with Gasteiger partial charge in [0.2, 0.25) is 0 Å². The van der Waals surface area contributed by atoms with Gasteiger partial charge in [-0.1, -0.05) is 0 Å². The van der Waals surface area contributed by atoms with Crippen molar-refractivity contribution in [1.82, 2.24) is 10.3 Å². The smallest absolute Gasteiger partial charge is 0.185 e. The van der Waals surface area contributed by atoms with Gasteiger partial charge < -0.3 is 19.7 Å². The van der Waals surface area contributed by atoms with Crippen molar-refractivity contribution in [2.75, 3.05) is 45.4 Å². The molecule has 1 heterocycles. The fourth-order valence-electron chi connectivity index (χ4n) is 1.96. The summed E-state index contributed by atoms with van der Waals surface area (Å²) in [6.07, 6.45) is 3.64. The summed E-state index contributed by atoms with van der Waals surface area (Å²) in [5, 5.41) is 6.74. The molecule has 114 valence electrons. The predicted octanol–water partition coefficient (Wildman–Crippen LogP) is 1.88. The lowest BCUT2D eigenvalue weighted by atomic mass is 10.4. The maximum absolute atomic E-state index is 5.19. The molecule has 1 aromatic rings. The normalized spacial score (nSPS) is 14.7. The van der Waals surface area contributed by atoms with Gasteiger partial charge in [0, 0.05) is 51.9 Å². The highest BCUT2D eigenvalue weighted by Crippen LogP contribution is 2.23. The van der Waals surface area contributed by atoms with Crippen molar-refractivity contribution < 1.29 is 9.47 Å². The summed E-state index contributed by atoms with van der Waals surface area (Å²) >= 11 is 1.72. The molecule has 5 nitrogen and oxygen atoms in total. The molecule has 1 aromatic heterocycles. The summed E-state index contributed by atoms with van der Waals surface area (Å²) < 4.78 is 10.3. The lowest BCUT2D eigenvalue weighted by molar-refractivity contribution is 0.191. The van der Waals surface area contributed by atoms with Crippen LogP contribution in [0.3, 0.4) is 0 Å². The Hall–Kier alpha value is -0.690. The molecule has 0 radical (unpaired) electrons. The van der Waals surface area contributed by atoms with E-state index in [1.54, 1.807) is 25.6 Å². The van der Waals surface area contributed by atoms with Crippen LogP contribution >= 0.6 is 11.3 Å². The van der Waals surface area contributed by atoms with Gasteiger partial charge in [0.05, 0.1) is 12.3 Å². The molecule has 0 atom stereocenters. The standard InChI is InChI=1S/C14H25N3O2S/c1-18-8-3-6-17(7-9-19-2)14-16-13(11-20-14)10-15-12-4-5-12/h11-12,15H,3-10H2,1-2H3. The molecule has 0 amide bonds. The number of aromatic nitrogens is 1. The molecule has 1 aliphatic carbocycles. The topological polar surface area (TPSA) is 46.6 Å². The Labute approximate surface area is 125 Å². The van der Waals surface area contributed by atoms with Crippen molar-refractivity contribution in [1.29, 1.82) is 0 Å². The molecular formula is C14H25N3O2S. The quantitative estimate of drug-likeness (QED) is 0.632. The second kappa shape index (κ2) is 8.56. The van der Waals surface area contributed by atoms with Crippen molar-refractivity contribution in [3.05, 3.63) is 11.1 Å². The lowest BCUT2D eigenvalue weighted by Gasteiger charge is -2.21. The van der Waals surface area contributed by atoms with E-state index in [1.165, 1.54) is 12.8 Å². The number of methoxy groups -OCH3 is 2. The van der Waals surface area contributed by atoms with E-state index in [0.717, 1.165) is 56.1 Å². The van der Waals surface area contributed by atoms with Crippen molar-refractivity contribution in [3.8, 4) is 0 Å². The molecule has 6 heteroatoms. The second-order valence-electron chi connectivity index (χ2n) is 5.10. The zero-order valence-corrected chi connectivity index (χ0v) is 13.2. The molecule has 20 heavy (non-hydrogen) atoms. The Morgan fingerprint density at radius 2 is 2.10 bits per heavy atom. The van der Waals surface area contributed by atoms with Gasteiger partial charge in [-0.3, -0.25) is 0 Å². The Morgan fingerprint density at radius 3 is 2.80 bits per heavy atom. The first-order valence-corrected chi connectivity index (χ1v) is 8.12. The maximum atomic E-state index is 5.19. The van der Waals surface area contributed by atoms with Crippen molar-refractivity contribution in [2.45, 2.75) is 31.8 Å². The molecule has 0 bridgehead atoms. The minimum atomic E-state index is 0.724. The highest BCUT2D eigenvalue weighted by molar-refractivity contribution is 7.13. The second-order valence-corrected chi connectivity index (χ2v) is 5.94. The van der Waals surface area contributed by atoms with E-state index in [2.05, 4.69) is 15.6 Å². The lowest BCUT2D eigenvalue weighted by Crippen LogP contribution is -2.29. The monoisotopic (exact) mass is 299 g/mol. The first-order chi connectivity index (χ1) is 9.83. The van der Waals surface area contributed by atoms with E-state index in [9.17, 15) is 0 Å². The van der Waals surface area contributed by atoms with Gasteiger partial charge in [-0.25, -0.2) is 4.98 Å². The maximum Gasteiger partial charge on any atom is 0.185 e. The van der Waals surface area contributed by atoms with E-state index in [-0.39, 0.29) is 0 Å². The molecule has 0 aromatic carbocycles. The van der Waals surface area contributed by atoms with Crippen LogP contribution in [0.4, 0.5) is 5.13 Å². The van der Waals surface area contributed by atoms with Crippen LogP contribution in [0, 0.1) is 0 Å². The van der Waals surface area contributed by atoms with Crippen molar-refractivity contribution in [3.63, 3.8) is 0 Å². The van der Waals surface area contributed by atoms with Crippen LogP contribution in [-0.4, -0.2) is 51.5 Å². The summed E-state index contributed by atoms with van der Waals surface area (Å²) in [4.78, 5) is 7.01. The van der Waals surface area contributed by atoms with Crippen LogP contribution in [0.2, 0.25) is 0 Å². The van der Waals surface area contributed by atoms with Crippen LogP contribution in [0.15, 0.2) is 5.38 Å². The van der Waals surface area contributed by atoms with E-state index in [4.69, 9.17) is 14.5 Å². The largest absolute Gasteiger partial charge is 0.385 e. The summed E-state index contributed by atoms with van der Waals surface area (Å²) in [6, 6.07) is 0.728. The Kier molecular flexibility index (Phi) is 6.72. The average Bonchev–Trinajstić information content (AvgIpc) is 3.18. The third kappa shape index (κ3) is 5.36. The minimum Gasteiger partial charge on any atom is -0.385 e. The Morgan fingerprint density at radius 1 is 1.30 bits per heavy atom. The summed E-state index contributed by atoms with van der Waals surface area (Å²) in [5.74, 6) is 0. The van der Waals surface area contributed by atoms with Crippen molar-refractivity contribution in [2.24, 2.45) is 0 Å². The van der Waals surface area contributed by atoms with Gasteiger partial charge in [-0.05, 0) is 19.3 Å². The molecule has 0 saturated heterocycles. The molecule has 0 spiro atoms. The molecule has 0 aliphatic heterocycles. The van der Waals surface area contributed by atoms with Crippen LogP contribution in [0.5, 0.6) is 0 Å². The van der Waals surface area contributed by atoms with Gasteiger partial charge in [0.1, 0.15) is 0 Å². The summed E-state index contributed by atoms with van der Waals surface area (Å²) in [7, 11) is 3.48. The van der Waals surface area contributed by atoms with E-state index in [1.807, 2.05) is 0 Å². The summed E-state index contributed by atoms with van der Waals surface area (Å²) in [6.45, 7) is 4.23. The fraction of sp³-hybridized carbons (Fsp3) is 0.786. The number of ether oxygens (including phenoxy) is 2. The molecule has 2 rings (SSSR count). The number of rotatable bonds is 11. The number of thiazole rings is 1. The van der Waals surface area contributed by atoms with Gasteiger partial charge in [0.25, 0.3) is 0 Å². The molecule has 0 unspecified atom stereocenters. The SMILES string of the molecule is COCCCN(CCOC)c1nc(CNC2CC2)cs1. The average molecular weight is 299 g/mol. The van der Waals surface area contributed by atoms with E-state index < -0.39 is 0 Å². The van der Waals surface area contributed by atoms with Crippen LogP contribution < -0.4 is 10.2 Å². The summed E-state index contributed by atoms with van der Waals surface area (Å²) in [5.41, 5.74) is 1.14. The fourth-order valence-corrected chi connectivity index (χ4v) is 2.84. The van der Waals surface area contributed by atoms with Gasteiger partial charge >= 0.3 is 0 Å². The number of hydrogen-bond acceptors (Lipinski definition) is 6. The van der Waals surface area contributed by atoms with Crippen molar-refractivity contribution >= 4 is 16.5 Å². The number of anilines is 1. The number of nitrogens with zero attached hydrogens (tertiary/aromatic N) is 2. The molecule has 1 N–H and O–H groups in total. The zero-order valence-electron chi connectivity index (χ0n) is 12.4. The number of hydrogen-bond donors (Lipinski definition) is 1. The third-order valence-corrected chi connectivity index (χ3v) is 4.25. The molecular weight excluding hydrogens is 274 g/mol. The first-order valence-electron chi connectivity index (χ1n) is 7.24. The number of nitrogens with one attached hydrogen (secondary N) is 1. The minimum absolute atomic E-state index is 0.724. The van der Waals surface area contributed by atoms with Crippen LogP contribution in [-0.2, 0) is 16.0 Å². The van der Waals surface area contributed by atoms with Gasteiger partial charge in [0.15, 0.2) is 5.13 Å². The predicted molar refractivity (Wildman–Crippen MR) is 82.6 cm³/mol.